The second-order valence-corrected chi connectivity index (χ2v) is 7.84. The second-order valence-electron chi connectivity index (χ2n) is 7.84. The summed E-state index contributed by atoms with van der Waals surface area (Å²) in [5.74, 6) is 0.303. The summed E-state index contributed by atoms with van der Waals surface area (Å²) in [6, 6.07) is 12.2. The molecule has 0 aliphatic carbocycles. The molecule has 0 N–H and O–H groups in total. The van der Waals surface area contributed by atoms with Gasteiger partial charge in [-0.25, -0.2) is 4.79 Å². The molecule has 33 heavy (non-hydrogen) atoms. The van der Waals surface area contributed by atoms with E-state index in [9.17, 15) is 9.59 Å². The van der Waals surface area contributed by atoms with Crippen molar-refractivity contribution in [3.8, 4) is 11.5 Å². The van der Waals surface area contributed by atoms with Gasteiger partial charge in [0.25, 0.3) is 0 Å². The number of unbranched alkanes of at least 4 members (excludes halogenated alkanes) is 5. The Hall–Kier alpha value is -3.15. The standard InChI is InChI=1S/C27H35NO5/c1-4-6-8-9-10-11-26(29)33-24-17-12-21(19-25(24)31-3)20-28-23-15-13-22(14-16-23)27(30)32-18-7-5-2/h12-17,19-20H,4-11,18H2,1-3H3. The Labute approximate surface area is 197 Å². The Morgan fingerprint density at radius 2 is 1.61 bits per heavy atom. The normalized spacial score (nSPS) is 10.9. The van der Waals surface area contributed by atoms with Crippen molar-refractivity contribution in [1.82, 2.24) is 0 Å². The lowest BCUT2D eigenvalue weighted by Gasteiger charge is -2.10. The van der Waals surface area contributed by atoms with E-state index >= 15 is 0 Å². The highest BCUT2D eigenvalue weighted by Gasteiger charge is 2.11. The van der Waals surface area contributed by atoms with Crippen LogP contribution in [-0.2, 0) is 9.53 Å². The van der Waals surface area contributed by atoms with Crippen molar-refractivity contribution in [3.05, 3.63) is 53.6 Å². The van der Waals surface area contributed by atoms with Crippen LogP contribution in [0.5, 0.6) is 11.5 Å². The Kier molecular flexibility index (Phi) is 11.7. The quantitative estimate of drug-likeness (QED) is 0.138. The molecule has 0 atom stereocenters. The molecule has 0 aliphatic rings. The van der Waals surface area contributed by atoms with Gasteiger partial charge in [-0.05, 0) is 60.9 Å². The van der Waals surface area contributed by atoms with Gasteiger partial charge in [0.05, 0.1) is 25.0 Å². The molecule has 2 rings (SSSR count). The number of methoxy groups -OCH3 is 1. The lowest BCUT2D eigenvalue weighted by atomic mass is 10.1. The number of hydrogen-bond acceptors (Lipinski definition) is 6. The molecule has 0 unspecified atom stereocenters. The third-order valence-corrected chi connectivity index (χ3v) is 5.09. The maximum Gasteiger partial charge on any atom is 0.338 e. The highest BCUT2D eigenvalue weighted by Crippen LogP contribution is 2.28. The summed E-state index contributed by atoms with van der Waals surface area (Å²) in [5, 5.41) is 0. The number of benzene rings is 2. The largest absolute Gasteiger partial charge is 0.493 e. The first-order valence-electron chi connectivity index (χ1n) is 11.8. The van der Waals surface area contributed by atoms with Crippen molar-refractivity contribution in [2.45, 2.75) is 65.2 Å². The molecule has 0 fully saturated rings. The molecule has 0 saturated carbocycles. The van der Waals surface area contributed by atoms with Gasteiger partial charge < -0.3 is 14.2 Å². The van der Waals surface area contributed by atoms with E-state index in [2.05, 4.69) is 11.9 Å². The zero-order valence-electron chi connectivity index (χ0n) is 20.0. The first-order chi connectivity index (χ1) is 16.1. The van der Waals surface area contributed by atoms with Gasteiger partial charge in [0, 0.05) is 12.6 Å². The molecule has 0 bridgehead atoms. The monoisotopic (exact) mass is 453 g/mol. The van der Waals surface area contributed by atoms with Gasteiger partial charge in [-0.3, -0.25) is 9.79 Å². The number of rotatable bonds is 14. The molecule has 6 heteroatoms. The van der Waals surface area contributed by atoms with Gasteiger partial charge in [-0.15, -0.1) is 0 Å². The zero-order valence-corrected chi connectivity index (χ0v) is 20.0. The molecule has 0 heterocycles. The third kappa shape index (κ3) is 9.48. The SMILES string of the molecule is CCCCCCCC(=O)Oc1ccc(C=Nc2ccc(C(=O)OCCCC)cc2)cc1OC. The molecule has 0 radical (unpaired) electrons. The summed E-state index contributed by atoms with van der Waals surface area (Å²) in [6.07, 6.45) is 9.32. The number of carbonyl (C=O) groups excluding carboxylic acids is 2. The van der Waals surface area contributed by atoms with Crippen molar-refractivity contribution in [3.63, 3.8) is 0 Å². The van der Waals surface area contributed by atoms with Crippen LogP contribution < -0.4 is 9.47 Å². The summed E-state index contributed by atoms with van der Waals surface area (Å²) < 4.78 is 16.1. The third-order valence-electron chi connectivity index (χ3n) is 5.09. The van der Waals surface area contributed by atoms with Gasteiger partial charge in [0.1, 0.15) is 0 Å². The van der Waals surface area contributed by atoms with E-state index in [0.29, 0.717) is 35.8 Å². The molecule has 178 valence electrons. The molecule has 6 nitrogen and oxygen atoms in total. The summed E-state index contributed by atoms with van der Waals surface area (Å²) in [5.41, 5.74) is 2.01. The summed E-state index contributed by atoms with van der Waals surface area (Å²) >= 11 is 0. The predicted molar refractivity (Wildman–Crippen MR) is 131 cm³/mol. The molecule has 0 aliphatic heterocycles. The molecular weight excluding hydrogens is 418 g/mol. The molecule has 0 aromatic heterocycles. The highest BCUT2D eigenvalue weighted by atomic mass is 16.6. The molecule has 0 saturated heterocycles. The van der Waals surface area contributed by atoms with Crippen LogP contribution in [0.15, 0.2) is 47.5 Å². The Balaban J connectivity index is 1.93. The van der Waals surface area contributed by atoms with E-state index in [1.807, 2.05) is 13.0 Å². The summed E-state index contributed by atoms with van der Waals surface area (Å²) in [6.45, 7) is 4.65. The molecule has 2 aromatic rings. The number of carbonyl (C=O) groups is 2. The molecule has 2 aromatic carbocycles. The number of ether oxygens (including phenoxy) is 3. The first-order valence-corrected chi connectivity index (χ1v) is 11.8. The zero-order chi connectivity index (χ0) is 23.9. The van der Waals surface area contributed by atoms with Gasteiger partial charge >= 0.3 is 11.9 Å². The predicted octanol–water partition coefficient (Wildman–Crippen LogP) is 6.67. The second kappa shape index (κ2) is 14.8. The van der Waals surface area contributed by atoms with E-state index < -0.39 is 0 Å². The van der Waals surface area contributed by atoms with Crippen molar-refractivity contribution in [2.24, 2.45) is 4.99 Å². The molecular formula is C27H35NO5. The van der Waals surface area contributed by atoms with Crippen molar-refractivity contribution in [2.75, 3.05) is 13.7 Å². The van der Waals surface area contributed by atoms with Crippen LogP contribution in [0.2, 0.25) is 0 Å². The highest BCUT2D eigenvalue weighted by molar-refractivity contribution is 5.90. The maximum atomic E-state index is 12.1. The average molecular weight is 454 g/mol. The number of nitrogens with zero attached hydrogens (tertiary/aromatic N) is 1. The minimum absolute atomic E-state index is 0.250. The van der Waals surface area contributed by atoms with Crippen LogP contribution in [0.4, 0.5) is 5.69 Å². The number of hydrogen-bond donors (Lipinski definition) is 0. The number of aliphatic imine (C=N–C) groups is 1. The first kappa shape index (κ1) is 26.1. The van der Waals surface area contributed by atoms with Gasteiger partial charge in [-0.1, -0.05) is 46.0 Å². The lowest BCUT2D eigenvalue weighted by molar-refractivity contribution is -0.134. The maximum absolute atomic E-state index is 12.1. The van der Waals surface area contributed by atoms with Crippen LogP contribution >= 0.6 is 0 Å². The molecule has 0 spiro atoms. The summed E-state index contributed by atoms with van der Waals surface area (Å²) in [4.78, 5) is 28.5. The lowest BCUT2D eigenvalue weighted by Crippen LogP contribution is -2.08. The Morgan fingerprint density at radius 1 is 0.879 bits per heavy atom. The van der Waals surface area contributed by atoms with Crippen LogP contribution in [0.25, 0.3) is 0 Å². The van der Waals surface area contributed by atoms with Crippen LogP contribution in [0.3, 0.4) is 0 Å². The van der Waals surface area contributed by atoms with E-state index in [4.69, 9.17) is 14.2 Å². The minimum atomic E-state index is -0.324. The van der Waals surface area contributed by atoms with Crippen molar-refractivity contribution < 1.29 is 23.8 Å². The van der Waals surface area contributed by atoms with E-state index in [1.165, 1.54) is 20.0 Å². The van der Waals surface area contributed by atoms with E-state index in [0.717, 1.165) is 37.7 Å². The van der Waals surface area contributed by atoms with Crippen LogP contribution in [0, 0.1) is 0 Å². The van der Waals surface area contributed by atoms with Gasteiger partial charge in [0.2, 0.25) is 0 Å². The van der Waals surface area contributed by atoms with Crippen LogP contribution in [0.1, 0.15) is 81.1 Å². The van der Waals surface area contributed by atoms with E-state index in [-0.39, 0.29) is 11.9 Å². The summed E-state index contributed by atoms with van der Waals surface area (Å²) in [7, 11) is 1.54. The smallest absolute Gasteiger partial charge is 0.338 e. The minimum Gasteiger partial charge on any atom is -0.493 e. The van der Waals surface area contributed by atoms with Crippen molar-refractivity contribution in [1.29, 1.82) is 0 Å². The van der Waals surface area contributed by atoms with Gasteiger partial charge in [0.15, 0.2) is 11.5 Å². The van der Waals surface area contributed by atoms with E-state index in [1.54, 1.807) is 42.6 Å². The average Bonchev–Trinajstić information content (AvgIpc) is 2.83. The Morgan fingerprint density at radius 3 is 2.30 bits per heavy atom. The fourth-order valence-electron chi connectivity index (χ4n) is 3.12. The topological polar surface area (TPSA) is 74.2 Å². The fourth-order valence-corrected chi connectivity index (χ4v) is 3.12. The Bertz CT molecular complexity index is 905. The van der Waals surface area contributed by atoms with Crippen molar-refractivity contribution >= 4 is 23.8 Å². The molecule has 0 amide bonds. The number of esters is 2. The van der Waals surface area contributed by atoms with Gasteiger partial charge in [-0.2, -0.15) is 0 Å². The van der Waals surface area contributed by atoms with Crippen LogP contribution in [-0.4, -0.2) is 31.9 Å². The fraction of sp³-hybridized carbons (Fsp3) is 0.444.